The van der Waals surface area contributed by atoms with Gasteiger partial charge < -0.3 is 4.74 Å². The molecule has 0 saturated heterocycles. The topological polar surface area (TPSA) is 74.5 Å². The number of hydrogen-bond acceptors (Lipinski definition) is 4. The van der Waals surface area contributed by atoms with Gasteiger partial charge in [0.15, 0.2) is 6.61 Å². The number of ether oxygens (including phenoxy) is 1. The van der Waals surface area contributed by atoms with Crippen molar-refractivity contribution in [3.05, 3.63) is 65.7 Å². The van der Waals surface area contributed by atoms with Gasteiger partial charge in [0, 0.05) is 0 Å². The van der Waals surface area contributed by atoms with Crippen molar-refractivity contribution in [1.82, 2.24) is 5.43 Å². The third-order valence-electron chi connectivity index (χ3n) is 3.11. The van der Waals surface area contributed by atoms with Crippen LogP contribution in [0.2, 0.25) is 0 Å². The smallest absolute Gasteiger partial charge is 0.277 e. The highest BCUT2D eigenvalue weighted by Crippen LogP contribution is 2.11. The number of nitrogens with one attached hydrogen (secondary N) is 1. The van der Waals surface area contributed by atoms with Crippen molar-refractivity contribution in [2.75, 3.05) is 6.61 Å². The quantitative estimate of drug-likeness (QED) is 0.658. The van der Waals surface area contributed by atoms with E-state index in [1.807, 2.05) is 43.3 Å². The fourth-order valence-corrected chi connectivity index (χ4v) is 1.91. The Balaban J connectivity index is 1.88. The Hall–Kier alpha value is -3.13. The number of nitrogens with zero attached hydrogens (tertiary/aromatic N) is 2. The summed E-state index contributed by atoms with van der Waals surface area (Å²) in [5.41, 5.74) is 4.82. The van der Waals surface area contributed by atoms with Crippen molar-refractivity contribution in [3.63, 3.8) is 0 Å². The molecule has 116 valence electrons. The molecule has 0 bridgehead atoms. The molecule has 0 aliphatic carbocycles. The van der Waals surface area contributed by atoms with E-state index in [0.717, 1.165) is 11.3 Å². The van der Waals surface area contributed by atoms with Crippen LogP contribution in [-0.2, 0) is 4.79 Å². The van der Waals surface area contributed by atoms with Crippen molar-refractivity contribution in [2.45, 2.75) is 13.3 Å². The van der Waals surface area contributed by atoms with E-state index in [1.165, 1.54) is 0 Å². The van der Waals surface area contributed by atoms with Gasteiger partial charge in [-0.3, -0.25) is 4.79 Å². The zero-order valence-corrected chi connectivity index (χ0v) is 12.8. The summed E-state index contributed by atoms with van der Waals surface area (Å²) in [5.74, 6) is 0.193. The maximum absolute atomic E-state index is 11.8. The fraction of sp³-hybridized carbons (Fsp3) is 0.167. The maximum atomic E-state index is 11.8. The second kappa shape index (κ2) is 8.35. The summed E-state index contributed by atoms with van der Waals surface area (Å²) in [6, 6.07) is 18.3. The monoisotopic (exact) mass is 307 g/mol. The highest BCUT2D eigenvalue weighted by atomic mass is 16.5. The molecule has 0 saturated carbocycles. The number of carbonyl (C=O) groups is 1. The van der Waals surface area contributed by atoms with E-state index in [4.69, 9.17) is 10.00 Å². The molecular formula is C18H17N3O2. The Morgan fingerprint density at radius 1 is 1.17 bits per heavy atom. The van der Waals surface area contributed by atoms with Crippen molar-refractivity contribution < 1.29 is 9.53 Å². The molecule has 0 unspecified atom stereocenters. The molecule has 2 aromatic carbocycles. The zero-order chi connectivity index (χ0) is 16.5. The molecular weight excluding hydrogens is 290 g/mol. The van der Waals surface area contributed by atoms with E-state index < -0.39 is 0 Å². The van der Waals surface area contributed by atoms with Gasteiger partial charge in [-0.1, -0.05) is 37.3 Å². The minimum absolute atomic E-state index is 0.138. The first-order valence-electron chi connectivity index (χ1n) is 7.26. The average molecular weight is 307 g/mol. The standard InChI is InChI=1S/C18H17N3O2/c1-2-17(15-6-4-3-5-7-15)20-21-18(22)13-23-16-10-8-14(12-19)9-11-16/h3-11H,2,13H2,1H3,(H,21,22)/b20-17-. The lowest BCUT2D eigenvalue weighted by molar-refractivity contribution is -0.123. The third kappa shape index (κ3) is 4.97. The molecule has 23 heavy (non-hydrogen) atoms. The first-order valence-corrected chi connectivity index (χ1v) is 7.26. The summed E-state index contributed by atoms with van der Waals surface area (Å²) in [7, 11) is 0. The van der Waals surface area contributed by atoms with Crippen LogP contribution in [0.1, 0.15) is 24.5 Å². The highest BCUT2D eigenvalue weighted by molar-refractivity contribution is 6.00. The lowest BCUT2D eigenvalue weighted by atomic mass is 10.1. The van der Waals surface area contributed by atoms with Crippen molar-refractivity contribution in [2.24, 2.45) is 5.10 Å². The van der Waals surface area contributed by atoms with Crippen molar-refractivity contribution in [1.29, 1.82) is 5.26 Å². The van der Waals surface area contributed by atoms with Crippen LogP contribution in [0.3, 0.4) is 0 Å². The van der Waals surface area contributed by atoms with E-state index >= 15 is 0 Å². The molecule has 2 aromatic rings. The summed E-state index contributed by atoms with van der Waals surface area (Å²) >= 11 is 0. The molecule has 0 heterocycles. The summed E-state index contributed by atoms with van der Waals surface area (Å²) in [6.07, 6.45) is 0.709. The summed E-state index contributed by atoms with van der Waals surface area (Å²) in [6.45, 7) is 1.84. The van der Waals surface area contributed by atoms with Gasteiger partial charge in [0.25, 0.3) is 5.91 Å². The van der Waals surface area contributed by atoms with E-state index in [-0.39, 0.29) is 12.5 Å². The minimum atomic E-state index is -0.337. The first kappa shape index (κ1) is 16.2. The van der Waals surface area contributed by atoms with Crippen LogP contribution in [0.5, 0.6) is 5.75 Å². The van der Waals surface area contributed by atoms with Crippen LogP contribution in [-0.4, -0.2) is 18.2 Å². The lowest BCUT2D eigenvalue weighted by Gasteiger charge is -2.07. The van der Waals surface area contributed by atoms with Crippen LogP contribution < -0.4 is 10.2 Å². The fourth-order valence-electron chi connectivity index (χ4n) is 1.91. The predicted octanol–water partition coefficient (Wildman–Crippen LogP) is 2.87. The van der Waals surface area contributed by atoms with Gasteiger partial charge >= 0.3 is 0 Å². The van der Waals surface area contributed by atoms with Crippen LogP contribution in [0.15, 0.2) is 59.7 Å². The highest BCUT2D eigenvalue weighted by Gasteiger charge is 2.04. The summed E-state index contributed by atoms with van der Waals surface area (Å²) < 4.78 is 5.35. The second-order valence-electron chi connectivity index (χ2n) is 4.74. The Bertz CT molecular complexity index is 716. The normalized spacial score (nSPS) is 10.7. The molecule has 0 radical (unpaired) electrons. The van der Waals surface area contributed by atoms with Crippen molar-refractivity contribution in [3.8, 4) is 11.8 Å². The van der Waals surface area contributed by atoms with E-state index in [9.17, 15) is 4.79 Å². The molecule has 0 atom stereocenters. The first-order chi connectivity index (χ1) is 11.2. The average Bonchev–Trinajstić information content (AvgIpc) is 2.62. The van der Waals surface area contributed by atoms with Crippen LogP contribution in [0.25, 0.3) is 0 Å². The Morgan fingerprint density at radius 2 is 1.87 bits per heavy atom. The molecule has 5 nitrogen and oxygen atoms in total. The van der Waals surface area contributed by atoms with Gasteiger partial charge in [-0.25, -0.2) is 5.43 Å². The van der Waals surface area contributed by atoms with E-state index in [1.54, 1.807) is 24.3 Å². The Labute approximate surface area is 135 Å². The molecule has 1 N–H and O–H groups in total. The number of hydrazone groups is 1. The van der Waals surface area contributed by atoms with Gasteiger partial charge in [-0.2, -0.15) is 10.4 Å². The number of carbonyl (C=O) groups excluding carboxylic acids is 1. The van der Waals surface area contributed by atoms with Crippen LogP contribution in [0, 0.1) is 11.3 Å². The van der Waals surface area contributed by atoms with Crippen molar-refractivity contribution >= 4 is 11.6 Å². The van der Waals surface area contributed by atoms with E-state index in [0.29, 0.717) is 17.7 Å². The molecule has 0 aliphatic heterocycles. The molecule has 0 aliphatic rings. The van der Waals surface area contributed by atoms with Gasteiger partial charge in [0.05, 0.1) is 17.3 Å². The number of nitriles is 1. The summed E-state index contributed by atoms with van der Waals surface area (Å²) in [5, 5.41) is 12.9. The predicted molar refractivity (Wildman–Crippen MR) is 88.1 cm³/mol. The third-order valence-corrected chi connectivity index (χ3v) is 3.11. The molecule has 0 aromatic heterocycles. The molecule has 5 heteroatoms. The van der Waals surface area contributed by atoms with Gasteiger partial charge in [0.2, 0.25) is 0 Å². The van der Waals surface area contributed by atoms with Gasteiger partial charge in [0.1, 0.15) is 5.75 Å². The number of amides is 1. The number of hydrogen-bond donors (Lipinski definition) is 1. The Kier molecular flexibility index (Phi) is 5.89. The Morgan fingerprint density at radius 3 is 2.48 bits per heavy atom. The molecule has 2 rings (SSSR count). The van der Waals surface area contributed by atoms with Gasteiger partial charge in [-0.05, 0) is 36.2 Å². The molecule has 0 fully saturated rings. The van der Waals surface area contributed by atoms with E-state index in [2.05, 4.69) is 10.5 Å². The zero-order valence-electron chi connectivity index (χ0n) is 12.8. The lowest BCUT2D eigenvalue weighted by Crippen LogP contribution is -2.26. The second-order valence-corrected chi connectivity index (χ2v) is 4.74. The van der Waals surface area contributed by atoms with Crippen LogP contribution in [0.4, 0.5) is 0 Å². The molecule has 0 spiro atoms. The SMILES string of the molecule is CC/C(=N/NC(=O)COc1ccc(C#N)cc1)c1ccccc1. The minimum Gasteiger partial charge on any atom is -0.484 e. The number of benzene rings is 2. The van der Waals surface area contributed by atoms with Crippen LogP contribution >= 0.6 is 0 Å². The largest absolute Gasteiger partial charge is 0.484 e. The molecule has 1 amide bonds. The maximum Gasteiger partial charge on any atom is 0.277 e. The summed E-state index contributed by atoms with van der Waals surface area (Å²) in [4.78, 5) is 11.8. The van der Waals surface area contributed by atoms with Gasteiger partial charge in [-0.15, -0.1) is 0 Å². The number of rotatable bonds is 6.